The molecule has 144 valence electrons. The van der Waals surface area contributed by atoms with Gasteiger partial charge < -0.3 is 24.8 Å². The molecule has 0 aliphatic heterocycles. The number of ether oxygens (including phenoxy) is 3. The van der Waals surface area contributed by atoms with Gasteiger partial charge in [0.1, 0.15) is 0 Å². The van der Waals surface area contributed by atoms with E-state index in [1.54, 1.807) is 0 Å². The lowest BCUT2D eigenvalue weighted by molar-refractivity contribution is -0.124. The van der Waals surface area contributed by atoms with Crippen LogP contribution in [0.25, 0.3) is 0 Å². The molecule has 0 saturated heterocycles. The molecule has 3 unspecified atom stereocenters. The molecule has 0 fully saturated rings. The van der Waals surface area contributed by atoms with Crippen molar-refractivity contribution in [1.29, 1.82) is 0 Å². The van der Waals surface area contributed by atoms with E-state index in [-0.39, 0.29) is 23.6 Å². The van der Waals surface area contributed by atoms with E-state index in [1.165, 1.54) is 0 Å². The minimum atomic E-state index is 0.00944. The van der Waals surface area contributed by atoms with Crippen LogP contribution in [-0.2, 0) is 19.0 Å². The normalized spacial score (nSPS) is 14.2. The third-order valence-electron chi connectivity index (χ3n) is 3.42. The van der Waals surface area contributed by atoms with Crippen LogP contribution >= 0.6 is 9.24 Å². The highest BCUT2D eigenvalue weighted by Gasteiger charge is 2.15. The van der Waals surface area contributed by atoms with Crippen molar-refractivity contribution < 1.29 is 19.0 Å². The molecule has 0 saturated carbocycles. The Bertz CT molecular complexity index is 317. The molecule has 0 heterocycles. The SMILES string of the molecule is CC(C)NCCOCCOCCOC(C)C(P)CNC(=O)C(C)C. The fraction of sp³-hybridized carbons (Fsp3) is 0.941. The average molecular weight is 364 g/mol. The van der Waals surface area contributed by atoms with Gasteiger partial charge in [0.05, 0.1) is 39.1 Å². The maximum atomic E-state index is 11.5. The van der Waals surface area contributed by atoms with Crippen LogP contribution in [0.1, 0.15) is 34.6 Å². The van der Waals surface area contributed by atoms with E-state index < -0.39 is 0 Å². The minimum absolute atomic E-state index is 0.00944. The van der Waals surface area contributed by atoms with Crippen LogP contribution in [0, 0.1) is 5.92 Å². The molecule has 0 aliphatic carbocycles. The van der Waals surface area contributed by atoms with Gasteiger partial charge in [-0.1, -0.05) is 27.7 Å². The van der Waals surface area contributed by atoms with Crippen LogP contribution in [0.5, 0.6) is 0 Å². The van der Waals surface area contributed by atoms with Crippen LogP contribution in [-0.4, -0.2) is 69.8 Å². The van der Waals surface area contributed by atoms with E-state index in [0.717, 1.165) is 6.54 Å². The quantitative estimate of drug-likeness (QED) is 0.340. The molecule has 0 spiro atoms. The Hall–Kier alpha value is -0.260. The zero-order valence-corrected chi connectivity index (χ0v) is 17.1. The van der Waals surface area contributed by atoms with Crippen molar-refractivity contribution in [3.8, 4) is 0 Å². The van der Waals surface area contributed by atoms with Gasteiger partial charge in [0.25, 0.3) is 0 Å². The first kappa shape index (κ1) is 23.7. The van der Waals surface area contributed by atoms with Crippen molar-refractivity contribution >= 4 is 15.1 Å². The minimum Gasteiger partial charge on any atom is -0.378 e. The highest BCUT2D eigenvalue weighted by Crippen LogP contribution is 2.09. The molecule has 0 radical (unpaired) electrons. The second-order valence-electron chi connectivity index (χ2n) is 6.47. The third kappa shape index (κ3) is 14.1. The van der Waals surface area contributed by atoms with Crippen molar-refractivity contribution in [2.45, 2.75) is 52.4 Å². The Labute approximate surface area is 150 Å². The van der Waals surface area contributed by atoms with Gasteiger partial charge in [-0.3, -0.25) is 4.79 Å². The maximum Gasteiger partial charge on any atom is 0.222 e. The average Bonchev–Trinajstić information content (AvgIpc) is 2.53. The molecule has 0 bridgehead atoms. The van der Waals surface area contributed by atoms with E-state index in [4.69, 9.17) is 14.2 Å². The summed E-state index contributed by atoms with van der Waals surface area (Å²) in [6.07, 6.45) is 0.0458. The topological polar surface area (TPSA) is 68.8 Å². The summed E-state index contributed by atoms with van der Waals surface area (Å²) in [4.78, 5) is 11.5. The lowest BCUT2D eigenvalue weighted by Crippen LogP contribution is -2.37. The number of nitrogens with one attached hydrogen (secondary N) is 2. The highest BCUT2D eigenvalue weighted by molar-refractivity contribution is 7.17. The fourth-order valence-corrected chi connectivity index (χ4v) is 1.98. The lowest BCUT2D eigenvalue weighted by atomic mass is 10.2. The van der Waals surface area contributed by atoms with Crippen LogP contribution < -0.4 is 10.6 Å². The summed E-state index contributed by atoms with van der Waals surface area (Å²) in [5.74, 6) is 0.0803. The molecule has 2 N–H and O–H groups in total. The number of amides is 1. The standard InChI is InChI=1S/C17H37N2O4P/c1-13(2)17(20)19-12-16(24)15(5)23-11-10-22-9-8-21-7-6-18-14(3)4/h13-16,18H,6-12,24H2,1-5H3,(H,19,20). The van der Waals surface area contributed by atoms with Crippen molar-refractivity contribution in [3.63, 3.8) is 0 Å². The second kappa shape index (κ2) is 15.0. The Morgan fingerprint density at radius 1 is 0.958 bits per heavy atom. The van der Waals surface area contributed by atoms with E-state index in [1.807, 2.05) is 20.8 Å². The van der Waals surface area contributed by atoms with E-state index in [2.05, 4.69) is 33.7 Å². The predicted molar refractivity (Wildman–Crippen MR) is 102 cm³/mol. The first-order valence-electron chi connectivity index (χ1n) is 8.88. The molecule has 0 rings (SSSR count). The van der Waals surface area contributed by atoms with Crippen LogP contribution in [0.4, 0.5) is 0 Å². The molecule has 7 heteroatoms. The summed E-state index contributed by atoms with van der Waals surface area (Å²) in [5.41, 5.74) is 0.185. The molecule has 24 heavy (non-hydrogen) atoms. The smallest absolute Gasteiger partial charge is 0.222 e. The van der Waals surface area contributed by atoms with Gasteiger partial charge in [0, 0.05) is 30.7 Å². The number of carbonyl (C=O) groups excluding carboxylic acids is 1. The van der Waals surface area contributed by atoms with Gasteiger partial charge in [-0.05, 0) is 6.92 Å². The first-order chi connectivity index (χ1) is 11.3. The lowest BCUT2D eigenvalue weighted by Gasteiger charge is -2.21. The predicted octanol–water partition coefficient (Wildman–Crippen LogP) is 1.44. The van der Waals surface area contributed by atoms with Gasteiger partial charge in [-0.2, -0.15) is 0 Å². The number of rotatable bonds is 15. The van der Waals surface area contributed by atoms with Gasteiger partial charge in [-0.15, -0.1) is 9.24 Å². The molecule has 0 aliphatic rings. The highest BCUT2D eigenvalue weighted by atomic mass is 31.0. The summed E-state index contributed by atoms with van der Waals surface area (Å²) in [5, 5.41) is 6.20. The van der Waals surface area contributed by atoms with E-state index >= 15 is 0 Å². The van der Waals surface area contributed by atoms with Crippen LogP contribution in [0.15, 0.2) is 0 Å². The summed E-state index contributed by atoms with van der Waals surface area (Å²) in [6, 6.07) is 0.489. The molecule has 0 aromatic carbocycles. The van der Waals surface area contributed by atoms with Gasteiger partial charge in [0.2, 0.25) is 5.91 Å². The van der Waals surface area contributed by atoms with E-state index in [0.29, 0.717) is 45.6 Å². The number of carbonyl (C=O) groups is 1. The molecule has 3 atom stereocenters. The van der Waals surface area contributed by atoms with Crippen LogP contribution in [0.2, 0.25) is 0 Å². The Morgan fingerprint density at radius 2 is 1.54 bits per heavy atom. The number of hydrogen-bond donors (Lipinski definition) is 2. The summed E-state index contributed by atoms with van der Waals surface area (Å²) >= 11 is 0. The molecule has 1 amide bonds. The first-order valence-corrected chi connectivity index (χ1v) is 9.55. The molecule has 0 aromatic rings. The van der Waals surface area contributed by atoms with Crippen LogP contribution in [0.3, 0.4) is 0 Å². The second-order valence-corrected chi connectivity index (χ2v) is 7.33. The van der Waals surface area contributed by atoms with Crippen molar-refractivity contribution in [3.05, 3.63) is 0 Å². The van der Waals surface area contributed by atoms with Crippen molar-refractivity contribution in [2.24, 2.45) is 5.92 Å². The van der Waals surface area contributed by atoms with Gasteiger partial charge in [-0.25, -0.2) is 0 Å². The van der Waals surface area contributed by atoms with Gasteiger partial charge in [0.15, 0.2) is 0 Å². The van der Waals surface area contributed by atoms with E-state index in [9.17, 15) is 4.79 Å². The molecule has 0 aromatic heterocycles. The zero-order valence-electron chi connectivity index (χ0n) is 16.0. The molecular formula is C17H37N2O4P. The summed E-state index contributed by atoms with van der Waals surface area (Å²) in [7, 11) is 2.73. The van der Waals surface area contributed by atoms with Gasteiger partial charge >= 0.3 is 0 Å². The Kier molecular flexibility index (Phi) is 14.9. The fourth-order valence-electron chi connectivity index (χ4n) is 1.75. The largest absolute Gasteiger partial charge is 0.378 e. The monoisotopic (exact) mass is 364 g/mol. The summed E-state index contributed by atoms with van der Waals surface area (Å²) in [6.45, 7) is 14.4. The molecule has 6 nitrogen and oxygen atoms in total. The Morgan fingerprint density at radius 3 is 2.12 bits per heavy atom. The number of hydrogen-bond acceptors (Lipinski definition) is 5. The molecular weight excluding hydrogens is 327 g/mol. The third-order valence-corrected chi connectivity index (χ3v) is 4.20. The maximum absolute atomic E-state index is 11.5. The van der Waals surface area contributed by atoms with Crippen molar-refractivity contribution in [1.82, 2.24) is 10.6 Å². The zero-order chi connectivity index (χ0) is 18.4. The summed E-state index contributed by atoms with van der Waals surface area (Å²) < 4.78 is 16.6. The Balaban J connectivity index is 3.45. The van der Waals surface area contributed by atoms with Crippen molar-refractivity contribution in [2.75, 3.05) is 46.1 Å².